The molecule has 0 aliphatic heterocycles. The van der Waals surface area contributed by atoms with Gasteiger partial charge in [-0.2, -0.15) is 0 Å². The van der Waals surface area contributed by atoms with Gasteiger partial charge in [-0.25, -0.2) is 4.39 Å². The van der Waals surface area contributed by atoms with Crippen LogP contribution >= 0.6 is 11.8 Å². The van der Waals surface area contributed by atoms with E-state index in [1.54, 1.807) is 18.2 Å². The molecular weight excluding hydrogens is 441 g/mol. The molecule has 7 nitrogen and oxygen atoms in total. The van der Waals surface area contributed by atoms with E-state index in [0.717, 1.165) is 16.8 Å². The number of benzene rings is 2. The Bertz CT molecular complexity index is 1150. The second kappa shape index (κ2) is 11.1. The molecule has 0 aliphatic rings. The Labute approximate surface area is 197 Å². The maximum Gasteiger partial charge on any atom is 0.243 e. The predicted molar refractivity (Wildman–Crippen MR) is 129 cm³/mol. The average Bonchev–Trinajstić information content (AvgIpc) is 3.16. The fraction of sp³-hybridized carbons (Fsp3) is 0.333. The minimum Gasteiger partial charge on any atom is -0.346 e. The van der Waals surface area contributed by atoms with E-state index in [2.05, 4.69) is 20.8 Å². The molecule has 2 aromatic carbocycles. The minimum absolute atomic E-state index is 0.0598. The molecule has 0 atom stereocenters. The van der Waals surface area contributed by atoms with Crippen molar-refractivity contribution in [2.75, 3.05) is 17.6 Å². The number of aryl methyl sites for hydroxylation is 1. The van der Waals surface area contributed by atoms with Crippen molar-refractivity contribution in [2.45, 2.75) is 39.4 Å². The van der Waals surface area contributed by atoms with Crippen molar-refractivity contribution in [3.63, 3.8) is 0 Å². The predicted octanol–water partition coefficient (Wildman–Crippen LogP) is 4.20. The van der Waals surface area contributed by atoms with E-state index in [0.29, 0.717) is 23.1 Å². The van der Waals surface area contributed by atoms with Crippen LogP contribution in [-0.2, 0) is 16.1 Å². The minimum atomic E-state index is -0.376. The van der Waals surface area contributed by atoms with Gasteiger partial charge in [-0.15, -0.1) is 10.2 Å². The first kappa shape index (κ1) is 24.4. The van der Waals surface area contributed by atoms with E-state index >= 15 is 0 Å². The topological polar surface area (TPSA) is 88.9 Å². The Morgan fingerprint density at radius 1 is 1.06 bits per heavy atom. The van der Waals surface area contributed by atoms with Crippen LogP contribution in [0.2, 0.25) is 0 Å². The van der Waals surface area contributed by atoms with Crippen LogP contribution in [0.4, 0.5) is 10.1 Å². The largest absolute Gasteiger partial charge is 0.346 e. The summed E-state index contributed by atoms with van der Waals surface area (Å²) in [6, 6.07) is 12.1. The first-order valence-corrected chi connectivity index (χ1v) is 11.7. The fourth-order valence-corrected chi connectivity index (χ4v) is 3.99. The van der Waals surface area contributed by atoms with E-state index in [9.17, 15) is 14.0 Å². The van der Waals surface area contributed by atoms with E-state index in [1.807, 2.05) is 50.5 Å². The summed E-state index contributed by atoms with van der Waals surface area (Å²) < 4.78 is 16.1. The molecule has 0 saturated heterocycles. The molecule has 0 saturated carbocycles. The lowest BCUT2D eigenvalue weighted by molar-refractivity contribution is -0.122. The van der Waals surface area contributed by atoms with Crippen LogP contribution in [0, 0.1) is 25.6 Å². The molecule has 2 N–H and O–H groups in total. The Balaban J connectivity index is 1.60. The molecule has 174 valence electrons. The van der Waals surface area contributed by atoms with E-state index in [1.165, 1.54) is 17.8 Å². The number of hydrogen-bond acceptors (Lipinski definition) is 5. The molecule has 2 amide bonds. The van der Waals surface area contributed by atoms with Crippen LogP contribution in [0.5, 0.6) is 0 Å². The van der Waals surface area contributed by atoms with Crippen molar-refractivity contribution in [3.05, 3.63) is 59.4 Å². The van der Waals surface area contributed by atoms with Gasteiger partial charge in [0.15, 0.2) is 11.0 Å². The quantitative estimate of drug-likeness (QED) is 0.459. The molecule has 9 heteroatoms. The van der Waals surface area contributed by atoms with Gasteiger partial charge in [0, 0.05) is 12.2 Å². The van der Waals surface area contributed by atoms with E-state index in [-0.39, 0.29) is 35.8 Å². The molecule has 3 aromatic rings. The van der Waals surface area contributed by atoms with Crippen LogP contribution in [0.3, 0.4) is 0 Å². The summed E-state index contributed by atoms with van der Waals surface area (Å²) >= 11 is 1.20. The molecule has 0 fully saturated rings. The number of rotatable bonds is 9. The van der Waals surface area contributed by atoms with Gasteiger partial charge in [-0.3, -0.25) is 9.59 Å². The van der Waals surface area contributed by atoms with E-state index < -0.39 is 0 Å². The Morgan fingerprint density at radius 3 is 2.55 bits per heavy atom. The second-order valence-corrected chi connectivity index (χ2v) is 9.09. The molecular formula is C24H28FN5O2S. The van der Waals surface area contributed by atoms with Crippen molar-refractivity contribution in [2.24, 2.45) is 5.92 Å². The summed E-state index contributed by atoms with van der Waals surface area (Å²) in [7, 11) is 0. The normalized spacial score (nSPS) is 11.0. The summed E-state index contributed by atoms with van der Waals surface area (Å²) in [5, 5.41) is 14.3. The summed E-state index contributed by atoms with van der Waals surface area (Å²) in [6.45, 7) is 8.44. The number of amides is 2. The average molecular weight is 470 g/mol. The standard InChI is InChI=1S/C24H28FN5O2S/c1-15(2)13-30-23(18-9-5-6-10-19(18)25)28-29-24(30)33-14-22(32)26-12-21(31)27-20-11-7-8-16(3)17(20)4/h5-11,15H,12-14H2,1-4H3,(H,26,32)(H,27,31). The summed E-state index contributed by atoms with van der Waals surface area (Å²) in [5.74, 6) is -0.218. The van der Waals surface area contributed by atoms with Crippen molar-refractivity contribution in [3.8, 4) is 11.4 Å². The smallest absolute Gasteiger partial charge is 0.243 e. The van der Waals surface area contributed by atoms with Gasteiger partial charge in [0.25, 0.3) is 0 Å². The number of hydrogen-bond donors (Lipinski definition) is 2. The summed E-state index contributed by atoms with van der Waals surface area (Å²) in [4.78, 5) is 24.6. The van der Waals surface area contributed by atoms with E-state index in [4.69, 9.17) is 0 Å². The molecule has 1 heterocycles. The molecule has 0 radical (unpaired) electrons. The second-order valence-electron chi connectivity index (χ2n) is 8.15. The first-order valence-electron chi connectivity index (χ1n) is 10.7. The highest BCUT2D eigenvalue weighted by atomic mass is 32.2. The molecule has 3 rings (SSSR count). The van der Waals surface area contributed by atoms with Crippen molar-refractivity contribution in [1.29, 1.82) is 0 Å². The lowest BCUT2D eigenvalue weighted by atomic mass is 10.1. The van der Waals surface area contributed by atoms with Gasteiger partial charge < -0.3 is 15.2 Å². The third kappa shape index (κ3) is 6.41. The highest BCUT2D eigenvalue weighted by Crippen LogP contribution is 2.27. The molecule has 0 unspecified atom stereocenters. The summed E-state index contributed by atoms with van der Waals surface area (Å²) in [5.41, 5.74) is 3.16. The first-order chi connectivity index (χ1) is 15.8. The number of anilines is 1. The van der Waals surface area contributed by atoms with Crippen molar-refractivity contribution >= 4 is 29.3 Å². The van der Waals surface area contributed by atoms with Crippen LogP contribution < -0.4 is 10.6 Å². The van der Waals surface area contributed by atoms with Gasteiger partial charge in [0.05, 0.1) is 17.9 Å². The molecule has 0 spiro atoms. The molecule has 0 aliphatic carbocycles. The maximum atomic E-state index is 14.3. The molecule has 1 aromatic heterocycles. The number of thioether (sulfide) groups is 1. The van der Waals surface area contributed by atoms with Gasteiger partial charge in [-0.05, 0) is 49.1 Å². The lowest BCUT2D eigenvalue weighted by Crippen LogP contribution is -2.34. The highest BCUT2D eigenvalue weighted by molar-refractivity contribution is 7.99. The van der Waals surface area contributed by atoms with Crippen LogP contribution in [0.1, 0.15) is 25.0 Å². The van der Waals surface area contributed by atoms with Gasteiger partial charge in [-0.1, -0.05) is 49.9 Å². The number of carbonyl (C=O) groups excluding carboxylic acids is 2. The number of aromatic nitrogens is 3. The number of nitrogens with one attached hydrogen (secondary N) is 2. The fourth-order valence-electron chi connectivity index (χ4n) is 3.21. The van der Waals surface area contributed by atoms with Gasteiger partial charge >= 0.3 is 0 Å². The highest BCUT2D eigenvalue weighted by Gasteiger charge is 2.19. The lowest BCUT2D eigenvalue weighted by Gasteiger charge is -2.13. The summed E-state index contributed by atoms with van der Waals surface area (Å²) in [6.07, 6.45) is 0. The number of halogens is 1. The Morgan fingerprint density at radius 2 is 1.82 bits per heavy atom. The molecule has 0 bridgehead atoms. The SMILES string of the molecule is Cc1cccc(NC(=O)CNC(=O)CSc2nnc(-c3ccccc3F)n2CC(C)C)c1C. The maximum absolute atomic E-state index is 14.3. The number of nitrogens with zero attached hydrogens (tertiary/aromatic N) is 3. The Hall–Kier alpha value is -3.20. The van der Waals surface area contributed by atoms with Crippen LogP contribution in [0.15, 0.2) is 47.6 Å². The zero-order valence-corrected chi connectivity index (χ0v) is 20.0. The van der Waals surface area contributed by atoms with Crippen molar-refractivity contribution in [1.82, 2.24) is 20.1 Å². The van der Waals surface area contributed by atoms with Crippen molar-refractivity contribution < 1.29 is 14.0 Å². The molecule has 33 heavy (non-hydrogen) atoms. The Kier molecular flexibility index (Phi) is 8.21. The third-order valence-electron chi connectivity index (χ3n) is 5.04. The van der Waals surface area contributed by atoms with Gasteiger partial charge in [0.1, 0.15) is 5.82 Å². The zero-order chi connectivity index (χ0) is 24.0. The third-order valence-corrected chi connectivity index (χ3v) is 6.00. The zero-order valence-electron chi connectivity index (χ0n) is 19.2. The monoisotopic (exact) mass is 469 g/mol. The van der Waals surface area contributed by atoms with Gasteiger partial charge in [0.2, 0.25) is 11.8 Å². The number of carbonyl (C=O) groups is 2. The van der Waals surface area contributed by atoms with Crippen LogP contribution in [-0.4, -0.2) is 38.9 Å². The van der Waals surface area contributed by atoms with Crippen LogP contribution in [0.25, 0.3) is 11.4 Å².